The van der Waals surface area contributed by atoms with Crippen LogP contribution in [0.1, 0.15) is 10.4 Å². The molecule has 1 aromatic carbocycles. The summed E-state index contributed by atoms with van der Waals surface area (Å²) >= 11 is 5.39. The fraction of sp³-hybridized carbons (Fsp3) is 0.300. The molecule has 4 N–H and O–H groups in total. The van der Waals surface area contributed by atoms with Crippen LogP contribution in [0.15, 0.2) is 18.2 Å². The van der Waals surface area contributed by atoms with Crippen LogP contribution >= 0.6 is 11.6 Å². The molecule has 88 valence electrons. The molecule has 0 aliphatic rings. The second-order valence-electron chi connectivity index (χ2n) is 3.23. The van der Waals surface area contributed by atoms with Gasteiger partial charge in [0.2, 0.25) is 0 Å². The monoisotopic (exact) mass is 245 g/mol. The minimum Gasteiger partial charge on any atom is -0.506 e. The van der Waals surface area contributed by atoms with E-state index in [1.165, 1.54) is 18.2 Å². The third-order valence-electron chi connectivity index (χ3n) is 1.95. The second kappa shape index (κ2) is 5.58. The van der Waals surface area contributed by atoms with E-state index in [2.05, 4.69) is 5.32 Å². The molecule has 0 radical (unpaired) electrons. The van der Waals surface area contributed by atoms with Crippen molar-refractivity contribution in [3.63, 3.8) is 0 Å². The number of phenolic OH excluding ortho intramolecular Hbond substituents is 1. The van der Waals surface area contributed by atoms with Crippen molar-refractivity contribution >= 4 is 23.3 Å². The summed E-state index contributed by atoms with van der Waals surface area (Å²) in [6.45, 7) is 0.139. The molecule has 0 fully saturated rings. The molecule has 1 aromatic rings. The summed E-state index contributed by atoms with van der Waals surface area (Å²) in [5.41, 5.74) is 0.310. The van der Waals surface area contributed by atoms with Gasteiger partial charge in [-0.05, 0) is 18.2 Å². The summed E-state index contributed by atoms with van der Waals surface area (Å²) in [5.74, 6) is -1.10. The number of hydrogen-bond acceptors (Lipinski definition) is 4. The van der Waals surface area contributed by atoms with Crippen molar-refractivity contribution in [1.29, 1.82) is 0 Å². The van der Waals surface area contributed by atoms with Crippen LogP contribution in [-0.2, 0) is 0 Å². The van der Waals surface area contributed by atoms with Crippen molar-refractivity contribution in [3.05, 3.63) is 23.8 Å². The first-order valence-corrected chi connectivity index (χ1v) is 5.12. The van der Waals surface area contributed by atoms with E-state index in [0.29, 0.717) is 0 Å². The van der Waals surface area contributed by atoms with Crippen molar-refractivity contribution in [2.45, 2.75) is 6.10 Å². The van der Waals surface area contributed by atoms with Crippen LogP contribution in [0.3, 0.4) is 0 Å². The molecule has 16 heavy (non-hydrogen) atoms. The van der Waals surface area contributed by atoms with E-state index in [-0.39, 0.29) is 29.4 Å². The fourth-order valence-corrected chi connectivity index (χ4v) is 1.20. The van der Waals surface area contributed by atoms with E-state index in [1.807, 2.05) is 0 Å². The standard InChI is InChI=1S/C10H12ClNO4/c11-4-7(13)5-12-8-3-6(10(15)16)1-2-9(8)14/h1-3,7,12-14H,4-5H2,(H,15,16). The lowest BCUT2D eigenvalue weighted by Gasteiger charge is -2.11. The van der Waals surface area contributed by atoms with E-state index in [0.717, 1.165) is 0 Å². The van der Waals surface area contributed by atoms with Gasteiger partial charge in [-0.3, -0.25) is 0 Å². The Morgan fingerprint density at radius 1 is 1.50 bits per heavy atom. The third-order valence-corrected chi connectivity index (χ3v) is 2.31. The van der Waals surface area contributed by atoms with Gasteiger partial charge in [-0.2, -0.15) is 0 Å². The quantitative estimate of drug-likeness (QED) is 0.461. The van der Waals surface area contributed by atoms with Crippen molar-refractivity contribution in [2.75, 3.05) is 17.7 Å². The van der Waals surface area contributed by atoms with Crippen molar-refractivity contribution in [3.8, 4) is 5.75 Å². The van der Waals surface area contributed by atoms with Crippen LogP contribution in [0.2, 0.25) is 0 Å². The molecule has 0 spiro atoms. The molecule has 5 nitrogen and oxygen atoms in total. The number of nitrogens with one attached hydrogen (secondary N) is 1. The summed E-state index contributed by atoms with van der Waals surface area (Å²) in [4.78, 5) is 10.7. The van der Waals surface area contributed by atoms with Crippen LogP contribution < -0.4 is 5.32 Å². The Hall–Kier alpha value is -1.46. The van der Waals surface area contributed by atoms with Gasteiger partial charge in [0.05, 0.1) is 23.2 Å². The van der Waals surface area contributed by atoms with Gasteiger partial charge in [0, 0.05) is 6.54 Å². The van der Waals surface area contributed by atoms with Crippen LogP contribution in [-0.4, -0.2) is 39.8 Å². The fourth-order valence-electron chi connectivity index (χ4n) is 1.09. The number of alkyl halides is 1. The molecule has 1 unspecified atom stereocenters. The molecule has 0 saturated carbocycles. The van der Waals surface area contributed by atoms with Crippen LogP contribution in [0.25, 0.3) is 0 Å². The van der Waals surface area contributed by atoms with Gasteiger partial charge in [-0.15, -0.1) is 11.6 Å². The van der Waals surface area contributed by atoms with E-state index in [9.17, 15) is 15.0 Å². The molecule has 0 amide bonds. The van der Waals surface area contributed by atoms with Gasteiger partial charge in [-0.1, -0.05) is 0 Å². The topological polar surface area (TPSA) is 89.8 Å². The zero-order valence-corrected chi connectivity index (χ0v) is 9.11. The average Bonchev–Trinajstić information content (AvgIpc) is 2.27. The normalized spacial score (nSPS) is 12.1. The Morgan fingerprint density at radius 3 is 2.75 bits per heavy atom. The first kappa shape index (κ1) is 12.6. The van der Waals surface area contributed by atoms with Crippen molar-refractivity contribution in [1.82, 2.24) is 0 Å². The third kappa shape index (κ3) is 3.29. The molecular formula is C10H12ClNO4. The molecular weight excluding hydrogens is 234 g/mol. The number of hydrogen-bond donors (Lipinski definition) is 4. The Bertz CT molecular complexity index is 383. The van der Waals surface area contributed by atoms with E-state index < -0.39 is 12.1 Å². The van der Waals surface area contributed by atoms with E-state index in [4.69, 9.17) is 16.7 Å². The zero-order valence-electron chi connectivity index (χ0n) is 8.35. The molecule has 1 atom stereocenters. The van der Waals surface area contributed by atoms with Crippen molar-refractivity contribution in [2.24, 2.45) is 0 Å². The highest BCUT2D eigenvalue weighted by molar-refractivity contribution is 6.18. The average molecular weight is 246 g/mol. The van der Waals surface area contributed by atoms with Gasteiger partial charge in [0.15, 0.2) is 0 Å². The number of carbonyl (C=O) groups is 1. The first-order valence-electron chi connectivity index (χ1n) is 4.58. The minimum absolute atomic E-state index is 0.0562. The number of anilines is 1. The Morgan fingerprint density at radius 2 is 2.19 bits per heavy atom. The van der Waals surface area contributed by atoms with E-state index >= 15 is 0 Å². The zero-order chi connectivity index (χ0) is 12.1. The number of rotatable bonds is 5. The molecule has 0 heterocycles. The highest BCUT2D eigenvalue weighted by Gasteiger charge is 2.09. The summed E-state index contributed by atoms with van der Waals surface area (Å²) in [5, 5.41) is 30.1. The molecule has 0 saturated heterocycles. The second-order valence-corrected chi connectivity index (χ2v) is 3.53. The minimum atomic E-state index is -1.08. The number of aliphatic hydroxyl groups excluding tert-OH is 1. The van der Waals surface area contributed by atoms with Gasteiger partial charge in [-0.25, -0.2) is 4.79 Å². The SMILES string of the molecule is O=C(O)c1ccc(O)c(NCC(O)CCl)c1. The molecule has 0 aliphatic carbocycles. The molecule has 0 bridgehead atoms. The predicted octanol–water partition coefficient (Wildman–Crippen LogP) is 1.10. The van der Waals surface area contributed by atoms with Crippen LogP contribution in [0.5, 0.6) is 5.75 Å². The maximum absolute atomic E-state index is 10.7. The Balaban J connectivity index is 2.78. The van der Waals surface area contributed by atoms with Gasteiger partial charge < -0.3 is 20.6 Å². The van der Waals surface area contributed by atoms with Gasteiger partial charge in [0.1, 0.15) is 5.75 Å². The highest BCUT2D eigenvalue weighted by atomic mass is 35.5. The van der Waals surface area contributed by atoms with Crippen molar-refractivity contribution < 1.29 is 20.1 Å². The number of benzene rings is 1. The molecule has 0 aliphatic heterocycles. The smallest absolute Gasteiger partial charge is 0.335 e. The molecule has 1 rings (SSSR count). The lowest BCUT2D eigenvalue weighted by Crippen LogP contribution is -2.20. The number of phenols is 1. The Kier molecular flexibility index (Phi) is 4.39. The molecule has 0 aromatic heterocycles. The maximum Gasteiger partial charge on any atom is 0.335 e. The number of carboxylic acids is 1. The highest BCUT2D eigenvalue weighted by Crippen LogP contribution is 2.24. The lowest BCUT2D eigenvalue weighted by molar-refractivity contribution is 0.0697. The maximum atomic E-state index is 10.7. The van der Waals surface area contributed by atoms with Crippen LogP contribution in [0, 0.1) is 0 Å². The first-order chi connectivity index (χ1) is 7.54. The molecule has 6 heteroatoms. The number of aliphatic hydroxyl groups is 1. The summed E-state index contributed by atoms with van der Waals surface area (Å²) in [7, 11) is 0. The number of aromatic hydroxyl groups is 1. The Labute approximate surface area is 97.3 Å². The number of halogens is 1. The summed E-state index contributed by atoms with van der Waals surface area (Å²) in [6.07, 6.45) is -0.755. The largest absolute Gasteiger partial charge is 0.506 e. The van der Waals surface area contributed by atoms with E-state index in [1.54, 1.807) is 0 Å². The lowest BCUT2D eigenvalue weighted by atomic mass is 10.2. The number of carboxylic acid groups (broad SMARTS) is 1. The van der Waals surface area contributed by atoms with Crippen LogP contribution in [0.4, 0.5) is 5.69 Å². The predicted molar refractivity (Wildman–Crippen MR) is 60.3 cm³/mol. The number of aromatic carboxylic acids is 1. The van der Waals surface area contributed by atoms with Gasteiger partial charge in [0.25, 0.3) is 0 Å². The summed E-state index contributed by atoms with van der Waals surface area (Å²) in [6, 6.07) is 3.86. The van der Waals surface area contributed by atoms with Gasteiger partial charge >= 0.3 is 5.97 Å². The summed E-state index contributed by atoms with van der Waals surface area (Å²) < 4.78 is 0.